The molecule has 0 unspecified atom stereocenters. The molecule has 1 heterocycles. The van der Waals surface area contributed by atoms with Gasteiger partial charge in [-0.15, -0.1) is 0 Å². The number of benzene rings is 3. The summed E-state index contributed by atoms with van der Waals surface area (Å²) in [5, 5.41) is 7.53. The van der Waals surface area contributed by atoms with Crippen molar-refractivity contribution in [3.8, 4) is 22.6 Å². The number of hydrogen-bond donors (Lipinski definition) is 1. The number of hydrogen-bond acceptors (Lipinski definition) is 4. The van der Waals surface area contributed by atoms with Crippen LogP contribution >= 0.6 is 11.6 Å². The Morgan fingerprint density at radius 1 is 1.06 bits per heavy atom. The maximum absolute atomic E-state index is 14.3. The van der Waals surface area contributed by atoms with E-state index < -0.39 is 11.7 Å². The Balaban J connectivity index is 1.97. The lowest BCUT2D eigenvalue weighted by atomic mass is 10.0. The fraction of sp³-hybridized carbons (Fsp3) is 0.0800. The van der Waals surface area contributed by atoms with Gasteiger partial charge in [-0.3, -0.25) is 9.59 Å². The second-order valence-corrected chi connectivity index (χ2v) is 7.63. The molecule has 0 saturated heterocycles. The second-order valence-electron chi connectivity index (χ2n) is 7.19. The molecule has 4 aromatic rings. The van der Waals surface area contributed by atoms with Gasteiger partial charge in [0.2, 0.25) is 5.43 Å². The molecule has 33 heavy (non-hydrogen) atoms. The van der Waals surface area contributed by atoms with Crippen LogP contribution in [-0.2, 0) is 0 Å². The van der Waals surface area contributed by atoms with Crippen LogP contribution < -0.4 is 15.5 Å². The average Bonchev–Trinajstić information content (AvgIpc) is 2.82. The van der Waals surface area contributed by atoms with E-state index in [1.54, 1.807) is 61.5 Å². The summed E-state index contributed by atoms with van der Waals surface area (Å²) in [5.41, 5.74) is 0.931. The first kappa shape index (κ1) is 22.2. The van der Waals surface area contributed by atoms with E-state index in [2.05, 4.69) is 10.4 Å². The van der Waals surface area contributed by atoms with E-state index in [1.807, 2.05) is 0 Å². The van der Waals surface area contributed by atoms with Crippen molar-refractivity contribution in [2.24, 2.45) is 0 Å². The Kier molecular flexibility index (Phi) is 6.24. The van der Waals surface area contributed by atoms with Crippen molar-refractivity contribution < 1.29 is 13.9 Å². The fourth-order valence-corrected chi connectivity index (χ4v) is 3.58. The molecule has 8 heteroatoms. The van der Waals surface area contributed by atoms with Crippen LogP contribution in [0.4, 0.5) is 10.2 Å². The maximum Gasteiger partial charge on any atom is 0.259 e. The summed E-state index contributed by atoms with van der Waals surface area (Å²) < 4.78 is 20.9. The van der Waals surface area contributed by atoms with E-state index in [0.717, 1.165) is 0 Å². The highest BCUT2D eigenvalue weighted by atomic mass is 35.5. The molecule has 0 radical (unpaired) electrons. The van der Waals surface area contributed by atoms with Gasteiger partial charge in [0.05, 0.1) is 23.9 Å². The summed E-state index contributed by atoms with van der Waals surface area (Å²) in [6.07, 6.45) is 0. The van der Waals surface area contributed by atoms with Crippen molar-refractivity contribution in [3.63, 3.8) is 0 Å². The lowest BCUT2D eigenvalue weighted by Crippen LogP contribution is -2.25. The lowest BCUT2D eigenvalue weighted by Gasteiger charge is -2.19. The molecule has 6 nitrogen and oxygen atoms in total. The minimum absolute atomic E-state index is 0.0892. The quantitative estimate of drug-likeness (QED) is 0.438. The second kappa shape index (κ2) is 9.26. The molecule has 0 bridgehead atoms. The molecule has 3 aromatic carbocycles. The maximum atomic E-state index is 14.3. The zero-order chi connectivity index (χ0) is 23.5. The van der Waals surface area contributed by atoms with Gasteiger partial charge in [0.15, 0.2) is 0 Å². The van der Waals surface area contributed by atoms with Crippen LogP contribution in [0.1, 0.15) is 16.1 Å². The van der Waals surface area contributed by atoms with Crippen LogP contribution in [0.2, 0.25) is 5.02 Å². The zero-order valence-corrected chi connectivity index (χ0v) is 18.6. The molecule has 4 rings (SSSR count). The monoisotopic (exact) mass is 463 g/mol. The van der Waals surface area contributed by atoms with Crippen LogP contribution in [-0.4, -0.2) is 22.8 Å². The molecule has 0 saturated carbocycles. The third kappa shape index (κ3) is 4.49. The number of nitrogens with zero attached hydrogens (tertiary/aromatic N) is 2. The van der Waals surface area contributed by atoms with Crippen molar-refractivity contribution in [2.45, 2.75) is 6.92 Å². The summed E-state index contributed by atoms with van der Waals surface area (Å²) in [6.45, 7) is 1.58. The molecule has 0 aliphatic rings. The number of aromatic nitrogens is 2. The van der Waals surface area contributed by atoms with Crippen molar-refractivity contribution >= 4 is 23.3 Å². The van der Waals surface area contributed by atoms with Crippen LogP contribution in [0.3, 0.4) is 0 Å². The average molecular weight is 464 g/mol. The molecule has 1 amide bonds. The molecule has 166 valence electrons. The number of aryl methyl sites for hydroxylation is 1. The van der Waals surface area contributed by atoms with Crippen molar-refractivity contribution in [1.29, 1.82) is 0 Å². The number of halogens is 2. The number of methoxy groups -OCH3 is 1. The van der Waals surface area contributed by atoms with Gasteiger partial charge in [0.25, 0.3) is 5.91 Å². The number of amides is 1. The van der Waals surface area contributed by atoms with E-state index >= 15 is 0 Å². The fourth-order valence-electron chi connectivity index (χ4n) is 3.40. The Hall–Kier alpha value is -3.97. The van der Waals surface area contributed by atoms with Crippen LogP contribution in [0.5, 0.6) is 5.75 Å². The van der Waals surface area contributed by atoms with Crippen LogP contribution in [0.15, 0.2) is 77.6 Å². The van der Waals surface area contributed by atoms with Gasteiger partial charge in [-0.2, -0.15) is 5.10 Å². The van der Waals surface area contributed by atoms with Gasteiger partial charge >= 0.3 is 0 Å². The summed E-state index contributed by atoms with van der Waals surface area (Å²) in [5.74, 6) is -0.704. The SMILES string of the molecule is COc1ccc(-c2c(NC(=O)c3ccccc3F)n(-c3cccc(Cl)c3)nc(C)c2=O)cc1. The largest absolute Gasteiger partial charge is 0.497 e. The minimum atomic E-state index is -0.719. The van der Waals surface area contributed by atoms with E-state index in [-0.39, 0.29) is 28.1 Å². The van der Waals surface area contributed by atoms with Crippen molar-refractivity contribution in [2.75, 3.05) is 12.4 Å². The van der Waals surface area contributed by atoms with Gasteiger partial charge in [0.1, 0.15) is 23.1 Å². The zero-order valence-electron chi connectivity index (χ0n) is 17.8. The predicted octanol–water partition coefficient (Wildman–Crippen LogP) is 5.26. The Morgan fingerprint density at radius 2 is 1.79 bits per heavy atom. The lowest BCUT2D eigenvalue weighted by molar-refractivity contribution is 0.102. The molecule has 0 aliphatic carbocycles. The topological polar surface area (TPSA) is 73.2 Å². The van der Waals surface area contributed by atoms with Gasteiger partial charge in [-0.1, -0.05) is 41.9 Å². The third-order valence-electron chi connectivity index (χ3n) is 5.04. The number of rotatable bonds is 5. The van der Waals surface area contributed by atoms with Gasteiger partial charge in [0, 0.05) is 5.02 Å². The molecule has 1 N–H and O–H groups in total. The third-order valence-corrected chi connectivity index (χ3v) is 5.27. The minimum Gasteiger partial charge on any atom is -0.497 e. The first-order valence-electron chi connectivity index (χ1n) is 9.99. The van der Waals surface area contributed by atoms with E-state index in [4.69, 9.17) is 16.3 Å². The molecule has 0 atom stereocenters. The number of carbonyl (C=O) groups excluding carboxylic acids is 1. The standard InChI is InChI=1S/C25H19ClFN3O3/c1-15-23(31)22(16-10-12-19(33-2)13-11-16)24(28-25(32)20-8-3-4-9-21(20)27)30(29-15)18-7-5-6-17(26)14-18/h3-14H,1-2H3,(H,28,32). The number of nitrogens with one attached hydrogen (secondary N) is 1. The smallest absolute Gasteiger partial charge is 0.259 e. The molecular weight excluding hydrogens is 445 g/mol. The highest BCUT2D eigenvalue weighted by Gasteiger charge is 2.22. The van der Waals surface area contributed by atoms with Gasteiger partial charge in [-0.25, -0.2) is 9.07 Å². The molecule has 1 aromatic heterocycles. The summed E-state index contributed by atoms with van der Waals surface area (Å²) in [7, 11) is 1.54. The normalized spacial score (nSPS) is 10.7. The number of carbonyl (C=O) groups is 1. The summed E-state index contributed by atoms with van der Waals surface area (Å²) in [6, 6.07) is 19.2. The highest BCUT2D eigenvalue weighted by Crippen LogP contribution is 2.29. The van der Waals surface area contributed by atoms with Crippen molar-refractivity contribution in [1.82, 2.24) is 9.78 Å². The van der Waals surface area contributed by atoms with E-state index in [0.29, 0.717) is 22.0 Å². The van der Waals surface area contributed by atoms with Crippen molar-refractivity contribution in [3.05, 3.63) is 105 Å². The number of anilines is 1. The molecule has 0 spiro atoms. The first-order valence-corrected chi connectivity index (χ1v) is 10.4. The van der Waals surface area contributed by atoms with E-state index in [1.165, 1.54) is 30.0 Å². The van der Waals surface area contributed by atoms with E-state index in [9.17, 15) is 14.0 Å². The number of ether oxygens (including phenoxy) is 1. The Morgan fingerprint density at radius 3 is 2.45 bits per heavy atom. The Labute approximate surface area is 194 Å². The van der Waals surface area contributed by atoms with Crippen LogP contribution in [0.25, 0.3) is 16.8 Å². The molecule has 0 fully saturated rings. The Bertz CT molecular complexity index is 1400. The predicted molar refractivity (Wildman–Crippen MR) is 126 cm³/mol. The first-order chi connectivity index (χ1) is 15.9. The van der Waals surface area contributed by atoms with Gasteiger partial charge < -0.3 is 10.1 Å². The molecule has 0 aliphatic heterocycles. The summed E-state index contributed by atoms with van der Waals surface area (Å²) in [4.78, 5) is 26.2. The molecular formula is C25H19ClFN3O3. The summed E-state index contributed by atoms with van der Waals surface area (Å²) >= 11 is 6.18. The van der Waals surface area contributed by atoms with Crippen LogP contribution in [0, 0.1) is 12.7 Å². The highest BCUT2D eigenvalue weighted by molar-refractivity contribution is 6.30. The van der Waals surface area contributed by atoms with Gasteiger partial charge in [-0.05, 0) is 55.0 Å².